The third kappa shape index (κ3) is 4.69. The highest BCUT2D eigenvalue weighted by Gasteiger charge is 2.45. The third-order valence-electron chi connectivity index (χ3n) is 4.45. The zero-order valence-electron chi connectivity index (χ0n) is 13.2. The Kier molecular flexibility index (Phi) is 5.05. The molecule has 0 heterocycles. The summed E-state index contributed by atoms with van der Waals surface area (Å²) in [5, 5.41) is 14.6. The molecule has 1 unspecified atom stereocenters. The lowest BCUT2D eigenvalue weighted by molar-refractivity contribution is -0.138. The maximum atomic E-state index is 12.0. The average molecular weight is 284 g/mol. The molecule has 1 atom stereocenters. The Morgan fingerprint density at radius 3 is 2.15 bits per heavy atom. The molecule has 2 amide bonds. The molecule has 1 fully saturated rings. The van der Waals surface area contributed by atoms with Gasteiger partial charge < -0.3 is 15.7 Å². The molecule has 0 bridgehead atoms. The molecule has 116 valence electrons. The number of nitrogens with one attached hydrogen (secondary N) is 2. The second-order valence-electron chi connectivity index (χ2n) is 7.36. The van der Waals surface area contributed by atoms with E-state index < -0.39 is 5.97 Å². The van der Waals surface area contributed by atoms with E-state index in [2.05, 4.69) is 24.5 Å². The number of urea groups is 1. The van der Waals surface area contributed by atoms with Crippen molar-refractivity contribution in [2.24, 2.45) is 16.7 Å². The molecule has 5 nitrogen and oxygen atoms in total. The number of carbonyl (C=O) groups is 2. The van der Waals surface area contributed by atoms with Crippen molar-refractivity contribution in [3.8, 4) is 0 Å². The second kappa shape index (κ2) is 6.02. The highest BCUT2D eigenvalue weighted by Crippen LogP contribution is 2.51. The number of hydrogen-bond donors (Lipinski definition) is 3. The molecular weight excluding hydrogens is 256 g/mol. The standard InChI is InChI=1S/C15H28N2O3/c1-10(2)15(6-7-15)9-16-13(20)17-11(8-12(18)19)14(3,4)5/h10-11H,6-9H2,1-5H3,(H,18,19)(H2,16,17,20). The van der Waals surface area contributed by atoms with Gasteiger partial charge in [0.2, 0.25) is 0 Å². The molecule has 20 heavy (non-hydrogen) atoms. The van der Waals surface area contributed by atoms with Gasteiger partial charge in [-0.1, -0.05) is 34.6 Å². The average Bonchev–Trinajstić information content (AvgIpc) is 3.04. The zero-order valence-corrected chi connectivity index (χ0v) is 13.2. The maximum Gasteiger partial charge on any atom is 0.315 e. The van der Waals surface area contributed by atoms with E-state index in [9.17, 15) is 9.59 Å². The molecule has 1 saturated carbocycles. The van der Waals surface area contributed by atoms with E-state index in [-0.39, 0.29) is 29.3 Å². The first-order chi connectivity index (χ1) is 9.07. The predicted octanol–water partition coefficient (Wildman–Crippen LogP) is 2.61. The van der Waals surface area contributed by atoms with Crippen LogP contribution in [0.5, 0.6) is 0 Å². The molecule has 3 N–H and O–H groups in total. The number of rotatable bonds is 6. The number of hydrogen-bond acceptors (Lipinski definition) is 2. The SMILES string of the molecule is CC(C)C1(CNC(=O)NC(CC(=O)O)C(C)(C)C)CC1. The van der Waals surface area contributed by atoms with E-state index in [4.69, 9.17) is 5.11 Å². The summed E-state index contributed by atoms with van der Waals surface area (Å²) >= 11 is 0. The van der Waals surface area contributed by atoms with E-state index in [1.54, 1.807) is 0 Å². The number of carboxylic acids is 1. The summed E-state index contributed by atoms with van der Waals surface area (Å²) in [4.78, 5) is 22.8. The number of amides is 2. The van der Waals surface area contributed by atoms with Crippen molar-refractivity contribution in [3.63, 3.8) is 0 Å². The minimum Gasteiger partial charge on any atom is -0.481 e. The molecule has 5 heteroatoms. The van der Waals surface area contributed by atoms with E-state index >= 15 is 0 Å². The first kappa shape index (κ1) is 16.8. The fourth-order valence-corrected chi connectivity index (χ4v) is 2.33. The summed E-state index contributed by atoms with van der Waals surface area (Å²) in [6.45, 7) is 10.8. The Hall–Kier alpha value is -1.26. The number of carbonyl (C=O) groups excluding carboxylic acids is 1. The smallest absolute Gasteiger partial charge is 0.315 e. The highest BCUT2D eigenvalue weighted by atomic mass is 16.4. The van der Waals surface area contributed by atoms with E-state index in [0.717, 1.165) is 12.8 Å². The largest absolute Gasteiger partial charge is 0.481 e. The van der Waals surface area contributed by atoms with Crippen LogP contribution in [0.15, 0.2) is 0 Å². The first-order valence-corrected chi connectivity index (χ1v) is 7.33. The fourth-order valence-electron chi connectivity index (χ4n) is 2.33. The summed E-state index contributed by atoms with van der Waals surface area (Å²) in [7, 11) is 0. The molecule has 1 rings (SSSR count). The van der Waals surface area contributed by atoms with Crippen LogP contribution >= 0.6 is 0 Å². The van der Waals surface area contributed by atoms with Gasteiger partial charge in [-0.3, -0.25) is 4.79 Å². The highest BCUT2D eigenvalue weighted by molar-refractivity contribution is 5.76. The van der Waals surface area contributed by atoms with Crippen LogP contribution in [-0.4, -0.2) is 29.7 Å². The zero-order chi connectivity index (χ0) is 15.6. The van der Waals surface area contributed by atoms with Crippen LogP contribution in [-0.2, 0) is 4.79 Å². The summed E-state index contributed by atoms with van der Waals surface area (Å²) in [6.07, 6.45) is 2.25. The Balaban J connectivity index is 2.48. The minimum absolute atomic E-state index is 0.0633. The lowest BCUT2D eigenvalue weighted by Gasteiger charge is -2.31. The molecular formula is C15H28N2O3. The van der Waals surface area contributed by atoms with Gasteiger partial charge in [-0.05, 0) is 29.6 Å². The first-order valence-electron chi connectivity index (χ1n) is 7.33. The van der Waals surface area contributed by atoms with Crippen molar-refractivity contribution in [1.82, 2.24) is 10.6 Å². The molecule has 1 aliphatic rings. The van der Waals surface area contributed by atoms with Crippen LogP contribution in [0.4, 0.5) is 4.79 Å². The number of aliphatic carboxylic acids is 1. The van der Waals surface area contributed by atoms with Gasteiger partial charge >= 0.3 is 12.0 Å². The van der Waals surface area contributed by atoms with Gasteiger partial charge in [0.15, 0.2) is 0 Å². The van der Waals surface area contributed by atoms with E-state index in [1.165, 1.54) is 0 Å². The van der Waals surface area contributed by atoms with E-state index in [0.29, 0.717) is 12.5 Å². The Labute approximate surface area is 121 Å². The fraction of sp³-hybridized carbons (Fsp3) is 0.867. The quantitative estimate of drug-likeness (QED) is 0.701. The van der Waals surface area contributed by atoms with Crippen LogP contribution in [0.3, 0.4) is 0 Å². The lowest BCUT2D eigenvalue weighted by Crippen LogP contribution is -2.50. The van der Waals surface area contributed by atoms with Crippen LogP contribution < -0.4 is 10.6 Å². The Bertz CT molecular complexity index is 368. The van der Waals surface area contributed by atoms with Crippen molar-refractivity contribution >= 4 is 12.0 Å². The lowest BCUT2D eigenvalue weighted by atomic mass is 9.85. The molecule has 0 radical (unpaired) electrons. The van der Waals surface area contributed by atoms with Crippen LogP contribution in [0.25, 0.3) is 0 Å². The molecule has 1 aliphatic carbocycles. The monoisotopic (exact) mass is 284 g/mol. The van der Waals surface area contributed by atoms with Gasteiger partial charge in [-0.25, -0.2) is 4.79 Å². The van der Waals surface area contributed by atoms with Crippen molar-refractivity contribution in [1.29, 1.82) is 0 Å². The van der Waals surface area contributed by atoms with Gasteiger partial charge in [0.05, 0.1) is 6.42 Å². The maximum absolute atomic E-state index is 12.0. The van der Waals surface area contributed by atoms with Gasteiger partial charge in [-0.2, -0.15) is 0 Å². The van der Waals surface area contributed by atoms with Gasteiger partial charge in [0.25, 0.3) is 0 Å². The number of carboxylic acid groups (broad SMARTS) is 1. The molecule has 0 aromatic carbocycles. The molecule has 0 aromatic rings. The van der Waals surface area contributed by atoms with Crippen molar-refractivity contribution in [2.45, 2.75) is 59.9 Å². The summed E-state index contributed by atoms with van der Waals surface area (Å²) < 4.78 is 0. The third-order valence-corrected chi connectivity index (χ3v) is 4.45. The molecule has 0 spiro atoms. The van der Waals surface area contributed by atoms with Gasteiger partial charge in [0, 0.05) is 12.6 Å². The topological polar surface area (TPSA) is 78.4 Å². The van der Waals surface area contributed by atoms with Gasteiger partial charge in [-0.15, -0.1) is 0 Å². The Morgan fingerprint density at radius 1 is 1.25 bits per heavy atom. The second-order valence-corrected chi connectivity index (χ2v) is 7.36. The van der Waals surface area contributed by atoms with Crippen LogP contribution in [0.2, 0.25) is 0 Å². The molecule has 0 saturated heterocycles. The van der Waals surface area contributed by atoms with Gasteiger partial charge in [0.1, 0.15) is 0 Å². The van der Waals surface area contributed by atoms with Crippen LogP contribution in [0.1, 0.15) is 53.9 Å². The van der Waals surface area contributed by atoms with Crippen LogP contribution in [0, 0.1) is 16.7 Å². The normalized spacial score (nSPS) is 18.5. The molecule has 0 aromatic heterocycles. The van der Waals surface area contributed by atoms with Crippen molar-refractivity contribution < 1.29 is 14.7 Å². The van der Waals surface area contributed by atoms with Crippen molar-refractivity contribution in [3.05, 3.63) is 0 Å². The Morgan fingerprint density at radius 2 is 1.80 bits per heavy atom. The predicted molar refractivity (Wildman–Crippen MR) is 78.5 cm³/mol. The minimum atomic E-state index is -0.897. The molecule has 0 aliphatic heterocycles. The van der Waals surface area contributed by atoms with E-state index in [1.807, 2.05) is 20.8 Å². The summed E-state index contributed by atoms with van der Waals surface area (Å²) in [6, 6.07) is -0.646. The summed E-state index contributed by atoms with van der Waals surface area (Å²) in [5.74, 6) is -0.341. The van der Waals surface area contributed by atoms with Crippen molar-refractivity contribution in [2.75, 3.05) is 6.54 Å². The summed E-state index contributed by atoms with van der Waals surface area (Å²) in [5.41, 5.74) is -0.0353.